The molecule has 2 aliphatic heterocycles. The van der Waals surface area contributed by atoms with Gasteiger partial charge in [0.25, 0.3) is 0 Å². The molecule has 0 spiro atoms. The summed E-state index contributed by atoms with van der Waals surface area (Å²) in [4.78, 5) is 17.1. The van der Waals surface area contributed by atoms with Crippen LogP contribution in [0.1, 0.15) is 63.2 Å². The minimum atomic E-state index is -0.201. The molecule has 6 nitrogen and oxygen atoms in total. The van der Waals surface area contributed by atoms with Crippen LogP contribution in [0, 0.1) is 5.92 Å². The minimum absolute atomic E-state index is 0.0600. The lowest BCUT2D eigenvalue weighted by Gasteiger charge is -2.29. The van der Waals surface area contributed by atoms with Crippen molar-refractivity contribution in [3.8, 4) is 0 Å². The fourth-order valence-corrected chi connectivity index (χ4v) is 4.24. The molecule has 0 radical (unpaired) electrons. The third kappa shape index (κ3) is 4.07. The number of nitrogens with one attached hydrogen (secondary N) is 1. The van der Waals surface area contributed by atoms with Gasteiger partial charge in [0, 0.05) is 19.1 Å². The summed E-state index contributed by atoms with van der Waals surface area (Å²) in [6.07, 6.45) is 3.88. The normalized spacial score (nSPS) is 24.0. The van der Waals surface area contributed by atoms with E-state index >= 15 is 0 Å². The lowest BCUT2D eigenvalue weighted by molar-refractivity contribution is -0.122. The van der Waals surface area contributed by atoms with Crippen LogP contribution in [0.2, 0.25) is 0 Å². The molecule has 3 rings (SSSR count). The maximum absolute atomic E-state index is 12.6. The summed E-state index contributed by atoms with van der Waals surface area (Å²) in [5.74, 6) is 2.91. The molecular weight excluding hydrogens is 314 g/mol. The van der Waals surface area contributed by atoms with Crippen molar-refractivity contribution in [1.29, 1.82) is 0 Å². The molecule has 1 amide bonds. The Balaban J connectivity index is 1.75. The highest BCUT2D eigenvalue weighted by molar-refractivity contribution is 8.00. The van der Waals surface area contributed by atoms with Crippen molar-refractivity contribution in [1.82, 2.24) is 15.5 Å². The van der Waals surface area contributed by atoms with Gasteiger partial charge in [0.1, 0.15) is 6.04 Å². The number of nitrogens with zero attached hydrogens (tertiary/aromatic N) is 2. The molecule has 0 bridgehead atoms. The van der Waals surface area contributed by atoms with Crippen molar-refractivity contribution >= 4 is 17.7 Å². The van der Waals surface area contributed by atoms with Gasteiger partial charge in [0.15, 0.2) is 5.82 Å². The summed E-state index contributed by atoms with van der Waals surface area (Å²) in [5, 5.41) is 7.31. The van der Waals surface area contributed by atoms with Gasteiger partial charge in [-0.3, -0.25) is 4.79 Å². The van der Waals surface area contributed by atoms with E-state index in [1.807, 2.05) is 13.8 Å². The van der Waals surface area contributed by atoms with E-state index in [4.69, 9.17) is 9.26 Å². The van der Waals surface area contributed by atoms with Crippen molar-refractivity contribution in [2.24, 2.45) is 5.92 Å². The van der Waals surface area contributed by atoms with Crippen molar-refractivity contribution in [3.63, 3.8) is 0 Å². The Kier molecular flexibility index (Phi) is 5.58. The highest BCUT2D eigenvalue weighted by Gasteiger charge is 2.34. The van der Waals surface area contributed by atoms with E-state index in [0.717, 1.165) is 44.6 Å². The van der Waals surface area contributed by atoms with Crippen LogP contribution in [0.15, 0.2) is 4.52 Å². The molecule has 128 valence electrons. The van der Waals surface area contributed by atoms with Crippen LogP contribution in [0.4, 0.5) is 0 Å². The third-order valence-corrected chi connectivity index (χ3v) is 5.87. The predicted octanol–water partition coefficient (Wildman–Crippen LogP) is 2.67. The molecule has 2 saturated heterocycles. The second-order valence-electron chi connectivity index (χ2n) is 6.58. The number of hydrogen-bond acceptors (Lipinski definition) is 6. The van der Waals surface area contributed by atoms with Crippen LogP contribution < -0.4 is 5.32 Å². The zero-order valence-electron chi connectivity index (χ0n) is 13.8. The first-order chi connectivity index (χ1) is 11.1. The molecular formula is C16H25N3O3S. The van der Waals surface area contributed by atoms with E-state index in [2.05, 4.69) is 15.5 Å². The van der Waals surface area contributed by atoms with E-state index in [-0.39, 0.29) is 23.1 Å². The average Bonchev–Trinajstić information content (AvgIpc) is 3.24. The van der Waals surface area contributed by atoms with Gasteiger partial charge in [-0.05, 0) is 37.4 Å². The Hall–Kier alpha value is -1.08. The zero-order chi connectivity index (χ0) is 16.2. The number of ether oxygens (including phenoxy) is 1. The molecule has 23 heavy (non-hydrogen) atoms. The molecule has 0 aliphatic carbocycles. The first kappa shape index (κ1) is 16.8. The van der Waals surface area contributed by atoms with Gasteiger partial charge in [0.05, 0.1) is 5.25 Å². The first-order valence-corrected chi connectivity index (χ1v) is 9.53. The molecule has 2 aliphatic rings. The second-order valence-corrected chi connectivity index (χ2v) is 7.89. The monoisotopic (exact) mass is 339 g/mol. The van der Waals surface area contributed by atoms with Crippen LogP contribution >= 0.6 is 11.8 Å². The number of rotatable bonds is 5. The number of carbonyl (C=O) groups excluding carboxylic acids is 1. The topological polar surface area (TPSA) is 77.2 Å². The molecule has 1 aromatic heterocycles. The maximum Gasteiger partial charge on any atom is 0.249 e. The Bertz CT molecular complexity index is 522. The Morgan fingerprint density at radius 1 is 1.30 bits per heavy atom. The highest BCUT2D eigenvalue weighted by atomic mass is 32.2. The van der Waals surface area contributed by atoms with Crippen LogP contribution in [0.5, 0.6) is 0 Å². The van der Waals surface area contributed by atoms with E-state index in [1.54, 1.807) is 11.8 Å². The van der Waals surface area contributed by atoms with Crippen LogP contribution in [0.25, 0.3) is 0 Å². The van der Waals surface area contributed by atoms with E-state index in [1.165, 1.54) is 0 Å². The van der Waals surface area contributed by atoms with Crippen LogP contribution in [-0.4, -0.2) is 40.3 Å². The number of aromatic nitrogens is 2. The van der Waals surface area contributed by atoms with Crippen molar-refractivity contribution < 1.29 is 14.1 Å². The number of amides is 1. The summed E-state index contributed by atoms with van der Waals surface area (Å²) >= 11 is 1.74. The average molecular weight is 339 g/mol. The fraction of sp³-hybridized carbons (Fsp3) is 0.812. The van der Waals surface area contributed by atoms with Crippen LogP contribution in [-0.2, 0) is 9.53 Å². The zero-order valence-corrected chi connectivity index (χ0v) is 14.6. The lowest BCUT2D eigenvalue weighted by atomic mass is 9.91. The summed E-state index contributed by atoms with van der Waals surface area (Å²) in [7, 11) is 0. The van der Waals surface area contributed by atoms with Crippen molar-refractivity contribution in [2.75, 3.05) is 19.0 Å². The maximum atomic E-state index is 12.6. The molecule has 1 N–H and O–H groups in total. The molecule has 2 fully saturated rings. The van der Waals surface area contributed by atoms with Gasteiger partial charge in [0.2, 0.25) is 11.8 Å². The minimum Gasteiger partial charge on any atom is -0.381 e. The van der Waals surface area contributed by atoms with Gasteiger partial charge in [-0.15, -0.1) is 11.8 Å². The third-order valence-electron chi connectivity index (χ3n) is 4.50. The Labute approximate surface area is 141 Å². The number of carbonyl (C=O) groups is 1. The lowest BCUT2D eigenvalue weighted by Crippen LogP contribution is -2.39. The Morgan fingerprint density at radius 2 is 2.09 bits per heavy atom. The standard InChI is InChI=1S/C16H25N3O3S/c1-10(2)14-18-16(22-19-14)13(11-5-7-21-8-6-11)17-15(20)12-4-3-9-23-12/h10-13H,3-9H2,1-2H3,(H,17,20)/t12-,13-/m1/s1. The van der Waals surface area contributed by atoms with E-state index < -0.39 is 0 Å². The molecule has 2 atom stereocenters. The van der Waals surface area contributed by atoms with Crippen molar-refractivity contribution in [2.45, 2.75) is 56.7 Å². The van der Waals surface area contributed by atoms with Gasteiger partial charge in [-0.2, -0.15) is 4.98 Å². The number of hydrogen-bond donors (Lipinski definition) is 1. The summed E-state index contributed by atoms with van der Waals surface area (Å²) in [6, 6.07) is -0.201. The van der Waals surface area contributed by atoms with Gasteiger partial charge >= 0.3 is 0 Å². The summed E-state index contributed by atoms with van der Waals surface area (Å²) in [6.45, 7) is 5.51. The SMILES string of the molecule is CC(C)c1noc([C@H](NC(=O)[C@H]2CCCS2)C2CCOCC2)n1. The molecule has 3 heterocycles. The molecule has 1 aromatic rings. The highest BCUT2D eigenvalue weighted by Crippen LogP contribution is 2.32. The summed E-state index contributed by atoms with van der Waals surface area (Å²) in [5.41, 5.74) is 0. The molecule has 0 unspecified atom stereocenters. The smallest absolute Gasteiger partial charge is 0.249 e. The van der Waals surface area contributed by atoms with Gasteiger partial charge < -0.3 is 14.6 Å². The second kappa shape index (κ2) is 7.66. The van der Waals surface area contributed by atoms with Gasteiger partial charge in [-0.1, -0.05) is 19.0 Å². The largest absolute Gasteiger partial charge is 0.381 e. The molecule has 0 saturated carbocycles. The number of thioether (sulfide) groups is 1. The summed E-state index contributed by atoms with van der Waals surface area (Å²) < 4.78 is 10.9. The quantitative estimate of drug-likeness (QED) is 0.889. The molecule has 0 aromatic carbocycles. The Morgan fingerprint density at radius 3 is 2.70 bits per heavy atom. The predicted molar refractivity (Wildman–Crippen MR) is 88.3 cm³/mol. The first-order valence-electron chi connectivity index (χ1n) is 8.48. The fourth-order valence-electron chi connectivity index (χ4n) is 3.07. The van der Waals surface area contributed by atoms with Crippen LogP contribution in [0.3, 0.4) is 0 Å². The van der Waals surface area contributed by atoms with Crippen molar-refractivity contribution in [3.05, 3.63) is 11.7 Å². The van der Waals surface area contributed by atoms with E-state index in [9.17, 15) is 4.79 Å². The van der Waals surface area contributed by atoms with E-state index in [0.29, 0.717) is 17.6 Å². The molecule has 7 heteroatoms. The van der Waals surface area contributed by atoms with Gasteiger partial charge in [-0.25, -0.2) is 0 Å².